The average molecular weight is 383 g/mol. The van der Waals surface area contributed by atoms with Crippen LogP contribution in [0.3, 0.4) is 0 Å². The van der Waals surface area contributed by atoms with Crippen molar-refractivity contribution in [3.63, 3.8) is 0 Å². The van der Waals surface area contributed by atoms with E-state index in [1.54, 1.807) is 6.20 Å². The molecule has 2 aromatic rings. The Kier molecular flexibility index (Phi) is 6.85. The van der Waals surface area contributed by atoms with Gasteiger partial charge in [0.2, 0.25) is 11.8 Å². The fraction of sp³-hybridized carbons (Fsp3) is 0.500. The molecule has 1 atom stereocenters. The summed E-state index contributed by atoms with van der Waals surface area (Å²) in [4.78, 5) is 33.7. The first-order valence-corrected chi connectivity index (χ1v) is 10.2. The van der Waals surface area contributed by atoms with E-state index in [4.69, 9.17) is 0 Å². The predicted octanol–water partition coefficient (Wildman–Crippen LogP) is 2.88. The molecule has 0 spiro atoms. The van der Waals surface area contributed by atoms with Crippen LogP contribution in [0, 0.1) is 0 Å². The van der Waals surface area contributed by atoms with Gasteiger partial charge in [0, 0.05) is 63.9 Å². The third kappa shape index (κ3) is 4.80. The Balaban J connectivity index is 1.64. The minimum Gasteiger partial charge on any atom is -0.340 e. The van der Waals surface area contributed by atoms with Gasteiger partial charge in [0.05, 0.1) is 0 Å². The van der Waals surface area contributed by atoms with Gasteiger partial charge in [-0.2, -0.15) is 0 Å². The Hall–Kier alpha value is -2.63. The van der Waals surface area contributed by atoms with Gasteiger partial charge in [-0.1, -0.05) is 44.2 Å². The number of carbonyl (C=O) groups is 2. The molecule has 1 saturated heterocycles. The molecular formula is C22H30N4O2. The van der Waals surface area contributed by atoms with E-state index in [0.717, 1.165) is 24.2 Å². The second kappa shape index (κ2) is 9.53. The van der Waals surface area contributed by atoms with E-state index in [9.17, 15) is 9.59 Å². The maximum absolute atomic E-state index is 12.8. The van der Waals surface area contributed by atoms with Crippen molar-refractivity contribution >= 4 is 11.8 Å². The van der Waals surface area contributed by atoms with Crippen molar-refractivity contribution in [3.8, 4) is 0 Å². The maximum atomic E-state index is 12.8. The third-order valence-corrected chi connectivity index (χ3v) is 5.49. The summed E-state index contributed by atoms with van der Waals surface area (Å²) in [5.74, 6) is 1.25. The van der Waals surface area contributed by atoms with Gasteiger partial charge in [-0.15, -0.1) is 0 Å². The molecule has 0 saturated carbocycles. The number of carbonyl (C=O) groups excluding carboxylic acids is 2. The summed E-state index contributed by atoms with van der Waals surface area (Å²) in [7, 11) is 0. The molecule has 0 radical (unpaired) electrons. The molecular weight excluding hydrogens is 352 g/mol. The minimum absolute atomic E-state index is 0.0543. The predicted molar refractivity (Wildman–Crippen MR) is 108 cm³/mol. The number of nitrogens with zero attached hydrogens (tertiary/aromatic N) is 4. The third-order valence-electron chi connectivity index (χ3n) is 5.49. The number of rotatable bonds is 7. The first-order valence-electron chi connectivity index (χ1n) is 10.2. The van der Waals surface area contributed by atoms with Gasteiger partial charge < -0.3 is 14.4 Å². The van der Waals surface area contributed by atoms with Crippen molar-refractivity contribution < 1.29 is 9.59 Å². The Morgan fingerprint density at radius 2 is 2.00 bits per heavy atom. The van der Waals surface area contributed by atoms with Crippen LogP contribution in [0.1, 0.15) is 44.5 Å². The van der Waals surface area contributed by atoms with Crippen LogP contribution in [0.4, 0.5) is 0 Å². The molecule has 1 aromatic carbocycles. The monoisotopic (exact) mass is 382 g/mol. The van der Waals surface area contributed by atoms with Gasteiger partial charge in [-0.25, -0.2) is 4.98 Å². The summed E-state index contributed by atoms with van der Waals surface area (Å²) in [6, 6.07) is 10.1. The number of amides is 2. The smallest absolute Gasteiger partial charge is 0.224 e. The van der Waals surface area contributed by atoms with Crippen molar-refractivity contribution in [1.82, 2.24) is 19.4 Å². The van der Waals surface area contributed by atoms with Crippen molar-refractivity contribution in [2.45, 2.75) is 58.7 Å². The molecule has 28 heavy (non-hydrogen) atoms. The van der Waals surface area contributed by atoms with Crippen molar-refractivity contribution in [2.24, 2.45) is 0 Å². The summed E-state index contributed by atoms with van der Waals surface area (Å²) in [5.41, 5.74) is 1.13. The van der Waals surface area contributed by atoms with Crippen LogP contribution in [0.25, 0.3) is 0 Å². The standard InChI is InChI=1S/C22H30N4O2/c1-3-19-17-25(21(27)10-13-24-15-12-23-20(24)4-2)14-11-22(28)26(19)16-18-8-6-5-7-9-18/h5-9,12,15,19H,3-4,10-11,13-14,16-17H2,1-2H3/t19-/m0/s1. The van der Waals surface area contributed by atoms with E-state index in [1.165, 1.54) is 0 Å². The van der Waals surface area contributed by atoms with Crippen LogP contribution in [0.2, 0.25) is 0 Å². The molecule has 2 heterocycles. The summed E-state index contributed by atoms with van der Waals surface area (Å²) in [6.45, 7) is 6.51. The van der Waals surface area contributed by atoms with E-state index in [1.807, 2.05) is 50.9 Å². The SMILES string of the molecule is CCc1nccn1CCC(=O)N1CCC(=O)N(Cc2ccccc2)[C@@H](CC)C1. The van der Waals surface area contributed by atoms with Gasteiger partial charge in [0.15, 0.2) is 0 Å². The van der Waals surface area contributed by atoms with Crippen LogP contribution in [-0.4, -0.2) is 50.3 Å². The zero-order valence-electron chi connectivity index (χ0n) is 16.9. The Bertz CT molecular complexity index is 787. The number of hydrogen-bond donors (Lipinski definition) is 0. The van der Waals surface area contributed by atoms with E-state index < -0.39 is 0 Å². The van der Waals surface area contributed by atoms with E-state index in [-0.39, 0.29) is 17.9 Å². The van der Waals surface area contributed by atoms with Crippen LogP contribution < -0.4 is 0 Å². The second-order valence-corrected chi connectivity index (χ2v) is 7.30. The summed E-state index contributed by atoms with van der Waals surface area (Å²) >= 11 is 0. The lowest BCUT2D eigenvalue weighted by Gasteiger charge is -2.31. The van der Waals surface area contributed by atoms with Crippen molar-refractivity contribution in [3.05, 3.63) is 54.1 Å². The van der Waals surface area contributed by atoms with Crippen LogP contribution in [-0.2, 0) is 29.1 Å². The van der Waals surface area contributed by atoms with Gasteiger partial charge in [-0.3, -0.25) is 9.59 Å². The molecule has 1 fully saturated rings. The van der Waals surface area contributed by atoms with E-state index in [0.29, 0.717) is 39.0 Å². The Morgan fingerprint density at radius 1 is 1.21 bits per heavy atom. The largest absolute Gasteiger partial charge is 0.340 e. The summed E-state index contributed by atoms with van der Waals surface area (Å²) in [6.07, 6.45) is 6.22. The lowest BCUT2D eigenvalue weighted by Crippen LogP contribution is -2.43. The first-order chi connectivity index (χ1) is 13.6. The van der Waals surface area contributed by atoms with Crippen LogP contribution in [0.5, 0.6) is 0 Å². The topological polar surface area (TPSA) is 58.4 Å². The number of hydrogen-bond acceptors (Lipinski definition) is 3. The molecule has 6 nitrogen and oxygen atoms in total. The van der Waals surface area contributed by atoms with Gasteiger partial charge >= 0.3 is 0 Å². The lowest BCUT2D eigenvalue weighted by molar-refractivity contribution is -0.133. The molecule has 0 N–H and O–H groups in total. The van der Waals surface area contributed by atoms with Gasteiger partial charge in [0.25, 0.3) is 0 Å². The van der Waals surface area contributed by atoms with Gasteiger partial charge in [0.1, 0.15) is 5.82 Å². The van der Waals surface area contributed by atoms with Crippen molar-refractivity contribution in [2.75, 3.05) is 13.1 Å². The molecule has 150 valence electrons. The Morgan fingerprint density at radius 3 is 2.71 bits per heavy atom. The highest BCUT2D eigenvalue weighted by Crippen LogP contribution is 2.18. The summed E-state index contributed by atoms with van der Waals surface area (Å²) in [5, 5.41) is 0. The molecule has 0 bridgehead atoms. The fourth-order valence-electron chi connectivity index (χ4n) is 3.83. The highest BCUT2D eigenvalue weighted by molar-refractivity contribution is 5.80. The Labute approximate surface area is 167 Å². The first kappa shape index (κ1) is 20.1. The molecule has 1 aliphatic heterocycles. The van der Waals surface area contributed by atoms with Crippen LogP contribution in [0.15, 0.2) is 42.7 Å². The summed E-state index contributed by atoms with van der Waals surface area (Å²) < 4.78 is 2.04. The van der Waals surface area contributed by atoms with Crippen molar-refractivity contribution in [1.29, 1.82) is 0 Å². The molecule has 6 heteroatoms. The minimum atomic E-state index is 0.0543. The van der Waals surface area contributed by atoms with E-state index >= 15 is 0 Å². The number of aromatic nitrogens is 2. The normalized spacial score (nSPS) is 17.6. The van der Waals surface area contributed by atoms with Crippen LogP contribution >= 0.6 is 0 Å². The highest BCUT2D eigenvalue weighted by atomic mass is 16.2. The maximum Gasteiger partial charge on any atom is 0.224 e. The fourth-order valence-corrected chi connectivity index (χ4v) is 3.83. The van der Waals surface area contributed by atoms with Gasteiger partial charge in [-0.05, 0) is 12.0 Å². The second-order valence-electron chi connectivity index (χ2n) is 7.30. The quantitative estimate of drug-likeness (QED) is 0.740. The number of benzene rings is 1. The molecule has 3 rings (SSSR count). The zero-order chi connectivity index (χ0) is 19.9. The van der Waals surface area contributed by atoms with E-state index in [2.05, 4.69) is 18.8 Å². The lowest BCUT2D eigenvalue weighted by atomic mass is 10.1. The molecule has 0 aliphatic carbocycles. The molecule has 0 unspecified atom stereocenters. The highest BCUT2D eigenvalue weighted by Gasteiger charge is 2.30. The average Bonchev–Trinajstić information content (AvgIpc) is 3.12. The zero-order valence-corrected chi connectivity index (χ0v) is 16.9. The number of aryl methyl sites for hydroxylation is 2. The number of imidazole rings is 1. The molecule has 1 aliphatic rings. The molecule has 2 amide bonds. The molecule has 1 aromatic heterocycles.